The highest BCUT2D eigenvalue weighted by molar-refractivity contribution is 5.57. The molecule has 0 bridgehead atoms. The predicted molar refractivity (Wildman–Crippen MR) is 110 cm³/mol. The van der Waals surface area contributed by atoms with Gasteiger partial charge in [-0.1, -0.05) is 0 Å². The zero-order chi connectivity index (χ0) is 28.3. The molecule has 0 aromatic carbocycles. The predicted octanol–water partition coefficient (Wildman–Crippen LogP) is -9.11. The molecule has 0 saturated carbocycles. The van der Waals surface area contributed by atoms with E-state index in [0.29, 0.717) is 6.29 Å². The van der Waals surface area contributed by atoms with E-state index in [9.17, 15) is 14.4 Å². The summed E-state index contributed by atoms with van der Waals surface area (Å²) < 4.78 is 0. The lowest BCUT2D eigenvalue weighted by Crippen LogP contribution is -2.46. The van der Waals surface area contributed by atoms with Crippen molar-refractivity contribution in [3.8, 4) is 0 Å². The molecule has 0 unspecified atom stereocenters. The van der Waals surface area contributed by atoms with Gasteiger partial charge in [0.15, 0.2) is 12.6 Å². The molecule has 0 spiro atoms. The largest absolute Gasteiger partial charge is 0.394 e. The molecule has 14 N–H and O–H groups in total. The van der Waals surface area contributed by atoms with E-state index in [1.54, 1.807) is 0 Å². The average Bonchev–Trinajstić information content (AvgIpc) is 2.88. The number of aliphatic hydroxyl groups excluding tert-OH is 14. The van der Waals surface area contributed by atoms with Crippen molar-refractivity contribution in [3.05, 3.63) is 0 Å². The van der Waals surface area contributed by atoms with Gasteiger partial charge in [-0.25, -0.2) is 0 Å². The van der Waals surface area contributed by atoms with Gasteiger partial charge in [-0.2, -0.15) is 0 Å². The molecule has 0 rings (SSSR count). The van der Waals surface area contributed by atoms with Crippen molar-refractivity contribution >= 4 is 18.9 Å². The van der Waals surface area contributed by atoms with Crippen LogP contribution in [0.25, 0.3) is 0 Å². The molecular formula is C18H36O17. The molecule has 0 aromatic rings. The number of aldehydes is 3. The molecule has 0 radical (unpaired) electrons. The molecule has 0 aliphatic heterocycles. The van der Waals surface area contributed by atoms with Gasteiger partial charge in [0, 0.05) is 6.42 Å². The lowest BCUT2D eigenvalue weighted by atomic mass is 10.0. The summed E-state index contributed by atoms with van der Waals surface area (Å²) in [5.41, 5.74) is 0. The zero-order valence-corrected chi connectivity index (χ0v) is 18.4. The average molecular weight is 524 g/mol. The van der Waals surface area contributed by atoms with Crippen molar-refractivity contribution in [3.63, 3.8) is 0 Å². The molecule has 11 atom stereocenters. The van der Waals surface area contributed by atoms with Gasteiger partial charge in [0.05, 0.1) is 25.9 Å². The summed E-state index contributed by atoms with van der Waals surface area (Å²) in [4.78, 5) is 29.6. The number of carbonyl (C=O) groups is 3. The first kappa shape index (κ1) is 38.0. The first-order valence-electron chi connectivity index (χ1n) is 9.87. The fourth-order valence-corrected chi connectivity index (χ4v) is 1.84. The molecule has 0 aliphatic carbocycles. The van der Waals surface area contributed by atoms with Crippen molar-refractivity contribution in [2.75, 3.05) is 19.8 Å². The topological polar surface area (TPSA) is 334 Å². The third kappa shape index (κ3) is 15.9. The van der Waals surface area contributed by atoms with E-state index < -0.39 is 87.0 Å². The molecule has 17 nitrogen and oxygen atoms in total. The smallest absolute Gasteiger partial charge is 0.151 e. The van der Waals surface area contributed by atoms with Crippen LogP contribution in [0.2, 0.25) is 0 Å². The lowest BCUT2D eigenvalue weighted by molar-refractivity contribution is -0.136. The summed E-state index contributed by atoms with van der Waals surface area (Å²) >= 11 is 0. The van der Waals surface area contributed by atoms with Gasteiger partial charge in [-0.05, 0) is 0 Å². The third-order valence-corrected chi connectivity index (χ3v) is 4.15. The maximum Gasteiger partial charge on any atom is 0.151 e. The molecule has 0 aliphatic rings. The molecule has 0 amide bonds. The molecule has 0 saturated heterocycles. The fourth-order valence-electron chi connectivity index (χ4n) is 1.84. The maximum absolute atomic E-state index is 9.90. The molecule has 210 valence electrons. The normalized spacial score (nSPS) is 20.4. The van der Waals surface area contributed by atoms with E-state index in [0.717, 1.165) is 0 Å². The third-order valence-electron chi connectivity index (χ3n) is 4.15. The van der Waals surface area contributed by atoms with Crippen LogP contribution in [-0.4, -0.2) is 177 Å². The highest BCUT2D eigenvalue weighted by atomic mass is 16.4. The van der Waals surface area contributed by atoms with Crippen LogP contribution < -0.4 is 0 Å². The van der Waals surface area contributed by atoms with Crippen molar-refractivity contribution in [2.24, 2.45) is 0 Å². The Balaban J connectivity index is -0.000000439. The van der Waals surface area contributed by atoms with E-state index in [1.807, 2.05) is 0 Å². The second-order valence-corrected chi connectivity index (χ2v) is 6.93. The van der Waals surface area contributed by atoms with E-state index in [-0.39, 0.29) is 19.0 Å². The van der Waals surface area contributed by atoms with Crippen LogP contribution in [0.3, 0.4) is 0 Å². The SMILES string of the molecule is O=CC[C@@H](O)[C@H](O)[C@H](O)CO.O=C[C@@H](O)[C@@H](O)[C@H](O)[C@H](O)CO.O=C[C@H](O)[C@@H](O)[C@H](O)[C@H](O)CO. The zero-order valence-electron chi connectivity index (χ0n) is 18.4. The van der Waals surface area contributed by atoms with Crippen LogP contribution in [0, 0.1) is 0 Å². The monoisotopic (exact) mass is 524 g/mol. The van der Waals surface area contributed by atoms with Gasteiger partial charge in [0.25, 0.3) is 0 Å². The van der Waals surface area contributed by atoms with Crippen molar-refractivity contribution in [1.29, 1.82) is 0 Å². The summed E-state index contributed by atoms with van der Waals surface area (Å²) in [6.45, 7) is -2.16. The first-order valence-corrected chi connectivity index (χ1v) is 9.87. The number of hydrogen-bond donors (Lipinski definition) is 14. The minimum absolute atomic E-state index is 0.0258. The second kappa shape index (κ2) is 21.7. The first-order chi connectivity index (χ1) is 16.2. The Morgan fingerprint density at radius 1 is 0.429 bits per heavy atom. The summed E-state index contributed by atoms with van der Waals surface area (Å²) in [7, 11) is 0. The molecule has 17 heteroatoms. The maximum atomic E-state index is 9.90. The Kier molecular flexibility index (Phi) is 23.6. The number of hydrogen-bond acceptors (Lipinski definition) is 17. The Morgan fingerprint density at radius 2 is 0.714 bits per heavy atom. The summed E-state index contributed by atoms with van der Waals surface area (Å²) in [6.07, 6.45) is -17.7. The minimum atomic E-state index is -1.79. The molecule has 35 heavy (non-hydrogen) atoms. The van der Waals surface area contributed by atoms with Crippen LogP contribution in [0.15, 0.2) is 0 Å². The van der Waals surface area contributed by atoms with E-state index >= 15 is 0 Å². The van der Waals surface area contributed by atoms with Crippen LogP contribution in [0.4, 0.5) is 0 Å². The Bertz CT molecular complexity index is 505. The summed E-state index contributed by atoms with van der Waals surface area (Å²) in [5.74, 6) is 0. The minimum Gasteiger partial charge on any atom is -0.394 e. The number of rotatable bonds is 15. The van der Waals surface area contributed by atoms with Crippen molar-refractivity contribution in [1.82, 2.24) is 0 Å². The standard InChI is InChI=1S/2C6H12O6.C6H12O5/c2*7-1-3(9)5(11)6(12)4(10)2-8;7-2-1-4(9)6(11)5(10)3-8/h2*1,3-6,8-12H,2H2;2,4-6,8-11H,1,3H2/t3-,4+,5+,6+;3-,4-,5-,6-;4-,5-,6+/m011/s1. The molecule has 0 fully saturated rings. The van der Waals surface area contributed by atoms with Crippen LogP contribution >= 0.6 is 0 Å². The van der Waals surface area contributed by atoms with Gasteiger partial charge < -0.3 is 85.9 Å². The Labute approximate surface area is 199 Å². The van der Waals surface area contributed by atoms with Gasteiger partial charge in [0.2, 0.25) is 0 Å². The van der Waals surface area contributed by atoms with Crippen molar-refractivity contribution < 1.29 is 85.9 Å². The molecular weight excluding hydrogens is 488 g/mol. The van der Waals surface area contributed by atoms with Gasteiger partial charge >= 0.3 is 0 Å². The van der Waals surface area contributed by atoms with Crippen LogP contribution in [0.1, 0.15) is 6.42 Å². The number of carbonyl (C=O) groups excluding carboxylic acids is 3. The quantitative estimate of drug-likeness (QED) is 0.0883. The van der Waals surface area contributed by atoms with E-state index in [4.69, 9.17) is 71.5 Å². The second-order valence-electron chi connectivity index (χ2n) is 6.93. The van der Waals surface area contributed by atoms with Gasteiger partial charge in [-0.3, -0.25) is 0 Å². The summed E-state index contributed by atoms with van der Waals surface area (Å²) in [6, 6.07) is 0. The van der Waals surface area contributed by atoms with Crippen molar-refractivity contribution in [2.45, 2.75) is 73.6 Å². The lowest BCUT2D eigenvalue weighted by Gasteiger charge is -2.22. The fraction of sp³-hybridized carbons (Fsp3) is 0.833. The highest BCUT2D eigenvalue weighted by Gasteiger charge is 2.30. The van der Waals surface area contributed by atoms with E-state index in [2.05, 4.69) is 0 Å². The van der Waals surface area contributed by atoms with Crippen LogP contribution in [0.5, 0.6) is 0 Å². The summed E-state index contributed by atoms with van der Waals surface area (Å²) in [5, 5.41) is 122. The van der Waals surface area contributed by atoms with E-state index in [1.165, 1.54) is 0 Å². The Hall–Kier alpha value is -1.55. The number of aliphatic hydroxyl groups is 14. The van der Waals surface area contributed by atoms with Crippen LogP contribution in [-0.2, 0) is 14.4 Å². The van der Waals surface area contributed by atoms with Gasteiger partial charge in [-0.15, -0.1) is 0 Å². The highest BCUT2D eigenvalue weighted by Crippen LogP contribution is 2.04. The molecule has 0 aromatic heterocycles. The molecule has 0 heterocycles. The Morgan fingerprint density at radius 3 is 0.943 bits per heavy atom. The van der Waals surface area contributed by atoms with Gasteiger partial charge in [0.1, 0.15) is 67.3 Å².